The molecule has 2 rings (SSSR count). The summed E-state index contributed by atoms with van der Waals surface area (Å²) in [5.74, 6) is 0.110. The standard InChI is InChI=1S/C15H23N3O4S/c1-10-7-11(2)15(8-14(10)18(19)20)23(21,22)17-6-4-5-13(9-17)12(3)16/h7-8,12-13H,4-6,9,16H2,1-3H3. The van der Waals surface area contributed by atoms with Gasteiger partial charge < -0.3 is 5.73 Å². The molecule has 1 aliphatic heterocycles. The van der Waals surface area contributed by atoms with Gasteiger partial charge in [-0.2, -0.15) is 4.31 Å². The number of hydrogen-bond acceptors (Lipinski definition) is 5. The van der Waals surface area contributed by atoms with Crippen LogP contribution in [0.4, 0.5) is 5.69 Å². The predicted octanol–water partition coefficient (Wildman–Crippen LogP) is 1.96. The molecule has 2 N–H and O–H groups in total. The van der Waals surface area contributed by atoms with Crippen molar-refractivity contribution in [2.75, 3.05) is 13.1 Å². The second kappa shape index (κ2) is 6.54. The molecule has 0 amide bonds. The van der Waals surface area contributed by atoms with Crippen LogP contribution in [0.5, 0.6) is 0 Å². The van der Waals surface area contributed by atoms with Crippen LogP contribution in [0.15, 0.2) is 17.0 Å². The van der Waals surface area contributed by atoms with E-state index in [1.807, 2.05) is 6.92 Å². The summed E-state index contributed by atoms with van der Waals surface area (Å²) < 4.78 is 27.3. The van der Waals surface area contributed by atoms with Crippen molar-refractivity contribution in [3.05, 3.63) is 33.4 Å². The zero-order chi connectivity index (χ0) is 17.4. The molecule has 23 heavy (non-hydrogen) atoms. The molecular weight excluding hydrogens is 318 g/mol. The molecule has 7 nitrogen and oxygen atoms in total. The lowest BCUT2D eigenvalue weighted by Gasteiger charge is -2.34. The highest BCUT2D eigenvalue weighted by Crippen LogP contribution is 2.30. The van der Waals surface area contributed by atoms with Crippen molar-refractivity contribution >= 4 is 15.7 Å². The molecule has 0 spiro atoms. The maximum Gasteiger partial charge on any atom is 0.273 e. The molecule has 1 aromatic carbocycles. The van der Waals surface area contributed by atoms with E-state index in [2.05, 4.69) is 0 Å². The van der Waals surface area contributed by atoms with Gasteiger partial charge in [-0.05, 0) is 51.2 Å². The highest BCUT2D eigenvalue weighted by atomic mass is 32.2. The van der Waals surface area contributed by atoms with Crippen molar-refractivity contribution < 1.29 is 13.3 Å². The van der Waals surface area contributed by atoms with Gasteiger partial charge in [-0.1, -0.05) is 0 Å². The van der Waals surface area contributed by atoms with Crippen LogP contribution in [0, 0.1) is 29.9 Å². The molecule has 0 aliphatic carbocycles. The molecular formula is C15H23N3O4S. The predicted molar refractivity (Wildman–Crippen MR) is 87.7 cm³/mol. The molecule has 1 fully saturated rings. The van der Waals surface area contributed by atoms with Gasteiger partial charge in [-0.3, -0.25) is 10.1 Å². The van der Waals surface area contributed by atoms with Crippen molar-refractivity contribution in [2.24, 2.45) is 11.7 Å². The van der Waals surface area contributed by atoms with Crippen LogP contribution < -0.4 is 5.73 Å². The zero-order valence-corrected chi connectivity index (χ0v) is 14.5. The van der Waals surface area contributed by atoms with Gasteiger partial charge >= 0.3 is 0 Å². The minimum atomic E-state index is -3.76. The number of benzene rings is 1. The molecule has 0 bridgehead atoms. The van der Waals surface area contributed by atoms with E-state index in [0.29, 0.717) is 24.2 Å². The maximum atomic E-state index is 12.9. The Morgan fingerprint density at radius 3 is 2.57 bits per heavy atom. The molecule has 128 valence electrons. The van der Waals surface area contributed by atoms with Crippen LogP contribution in [-0.4, -0.2) is 36.8 Å². The van der Waals surface area contributed by atoms with E-state index < -0.39 is 14.9 Å². The number of piperidine rings is 1. The number of nitro groups is 1. The molecule has 0 aromatic heterocycles. The first-order valence-corrected chi connectivity index (χ1v) is 9.10. The van der Waals surface area contributed by atoms with Crippen molar-refractivity contribution in [3.63, 3.8) is 0 Å². The summed E-state index contributed by atoms with van der Waals surface area (Å²) in [5.41, 5.74) is 6.72. The van der Waals surface area contributed by atoms with E-state index in [1.54, 1.807) is 19.9 Å². The average Bonchev–Trinajstić information content (AvgIpc) is 2.46. The van der Waals surface area contributed by atoms with Crippen molar-refractivity contribution in [1.29, 1.82) is 0 Å². The van der Waals surface area contributed by atoms with Crippen LogP contribution in [0.2, 0.25) is 0 Å². The third-order valence-corrected chi connectivity index (χ3v) is 6.48. The summed E-state index contributed by atoms with van der Waals surface area (Å²) in [6, 6.07) is 2.65. The summed E-state index contributed by atoms with van der Waals surface area (Å²) in [6.45, 7) is 5.93. The first-order chi connectivity index (χ1) is 10.6. The molecule has 2 unspecified atom stereocenters. The van der Waals surface area contributed by atoms with Gasteiger partial charge in [0.05, 0.1) is 9.82 Å². The number of nitrogens with two attached hydrogens (primary N) is 1. The second-order valence-corrected chi connectivity index (χ2v) is 8.19. The highest BCUT2D eigenvalue weighted by Gasteiger charge is 2.33. The summed E-state index contributed by atoms with van der Waals surface area (Å²) >= 11 is 0. The molecule has 8 heteroatoms. The van der Waals surface area contributed by atoms with E-state index in [0.717, 1.165) is 12.8 Å². The monoisotopic (exact) mass is 341 g/mol. The Morgan fingerprint density at radius 2 is 2.00 bits per heavy atom. The normalized spacial score (nSPS) is 21.1. The van der Waals surface area contributed by atoms with Gasteiger partial charge in [-0.15, -0.1) is 0 Å². The van der Waals surface area contributed by atoms with E-state index in [4.69, 9.17) is 5.73 Å². The maximum absolute atomic E-state index is 12.9. The summed E-state index contributed by atoms with van der Waals surface area (Å²) in [7, 11) is -3.76. The summed E-state index contributed by atoms with van der Waals surface area (Å²) in [6.07, 6.45) is 1.65. The largest absolute Gasteiger partial charge is 0.328 e. The first kappa shape index (κ1) is 17.8. The SMILES string of the molecule is Cc1cc(C)c(S(=O)(=O)N2CCCC(C(C)N)C2)cc1[N+](=O)[O-]. The van der Waals surface area contributed by atoms with Crippen LogP contribution in [0.1, 0.15) is 30.9 Å². The van der Waals surface area contributed by atoms with E-state index >= 15 is 0 Å². The molecule has 1 aromatic rings. The average molecular weight is 341 g/mol. The minimum absolute atomic E-state index is 0.0140. The first-order valence-electron chi connectivity index (χ1n) is 7.66. The lowest BCUT2D eigenvalue weighted by Crippen LogP contribution is -2.45. The minimum Gasteiger partial charge on any atom is -0.328 e. The Bertz CT molecular complexity index is 716. The number of sulfonamides is 1. The van der Waals surface area contributed by atoms with Crippen molar-refractivity contribution in [3.8, 4) is 0 Å². The smallest absolute Gasteiger partial charge is 0.273 e. The lowest BCUT2D eigenvalue weighted by molar-refractivity contribution is -0.385. The topological polar surface area (TPSA) is 107 Å². The molecule has 1 saturated heterocycles. The zero-order valence-electron chi connectivity index (χ0n) is 13.7. The molecule has 1 aliphatic rings. The Morgan fingerprint density at radius 1 is 1.35 bits per heavy atom. The number of rotatable bonds is 4. The number of nitro benzene ring substituents is 1. The third kappa shape index (κ3) is 3.54. The fourth-order valence-electron chi connectivity index (χ4n) is 3.06. The van der Waals surface area contributed by atoms with Gasteiger partial charge in [0.15, 0.2) is 0 Å². The molecule has 1 heterocycles. The highest BCUT2D eigenvalue weighted by molar-refractivity contribution is 7.89. The second-order valence-electron chi connectivity index (χ2n) is 6.29. The lowest BCUT2D eigenvalue weighted by atomic mass is 9.93. The number of aryl methyl sites for hydroxylation is 2. The summed E-state index contributed by atoms with van der Waals surface area (Å²) in [4.78, 5) is 10.6. The number of hydrogen-bond donors (Lipinski definition) is 1. The van der Waals surface area contributed by atoms with Crippen molar-refractivity contribution in [2.45, 2.75) is 44.6 Å². The van der Waals surface area contributed by atoms with E-state index in [-0.39, 0.29) is 22.5 Å². The fraction of sp³-hybridized carbons (Fsp3) is 0.600. The van der Waals surface area contributed by atoms with Gasteiger partial charge in [0, 0.05) is 30.8 Å². The van der Waals surface area contributed by atoms with Crippen LogP contribution in [0.25, 0.3) is 0 Å². The summed E-state index contributed by atoms with van der Waals surface area (Å²) in [5, 5.41) is 11.1. The quantitative estimate of drug-likeness (QED) is 0.665. The van der Waals surface area contributed by atoms with Crippen LogP contribution >= 0.6 is 0 Å². The number of nitrogens with zero attached hydrogens (tertiary/aromatic N) is 2. The Labute approximate surface area is 136 Å². The molecule has 2 atom stereocenters. The van der Waals surface area contributed by atoms with E-state index in [9.17, 15) is 18.5 Å². The van der Waals surface area contributed by atoms with Crippen molar-refractivity contribution in [1.82, 2.24) is 4.31 Å². The Balaban J connectivity index is 2.43. The Hall–Kier alpha value is -1.51. The van der Waals surface area contributed by atoms with Gasteiger partial charge in [-0.25, -0.2) is 8.42 Å². The third-order valence-electron chi connectivity index (χ3n) is 4.47. The van der Waals surface area contributed by atoms with Crippen LogP contribution in [0.3, 0.4) is 0 Å². The van der Waals surface area contributed by atoms with Crippen LogP contribution in [-0.2, 0) is 10.0 Å². The fourth-order valence-corrected chi connectivity index (χ4v) is 4.82. The molecule has 0 saturated carbocycles. The van der Waals surface area contributed by atoms with E-state index in [1.165, 1.54) is 10.4 Å². The van der Waals surface area contributed by atoms with Gasteiger partial charge in [0.25, 0.3) is 5.69 Å². The van der Waals surface area contributed by atoms with Gasteiger partial charge in [0.2, 0.25) is 10.0 Å². The molecule has 0 radical (unpaired) electrons. The Kier molecular flexibility index (Phi) is 5.07. The van der Waals surface area contributed by atoms with Gasteiger partial charge in [0.1, 0.15) is 0 Å².